The van der Waals surface area contributed by atoms with Crippen LogP contribution in [0.2, 0.25) is 0 Å². The van der Waals surface area contributed by atoms with E-state index < -0.39 is 11.7 Å². The number of anilines is 5. The lowest BCUT2D eigenvalue weighted by atomic mass is 9.92. The molecular formula is C28H33FN10O. The Balaban J connectivity index is 1.33. The summed E-state index contributed by atoms with van der Waals surface area (Å²) in [6, 6.07) is 9.63. The molecule has 1 aliphatic carbocycles. The summed E-state index contributed by atoms with van der Waals surface area (Å²) in [6.07, 6.45) is 11.2. The number of hydrogen-bond donors (Lipinski definition) is 4. The van der Waals surface area contributed by atoms with Gasteiger partial charge in [-0.15, -0.1) is 5.10 Å². The molecular weight excluding hydrogens is 511 g/mol. The summed E-state index contributed by atoms with van der Waals surface area (Å²) >= 11 is 0. The van der Waals surface area contributed by atoms with Gasteiger partial charge in [-0.2, -0.15) is 0 Å². The highest BCUT2D eigenvalue weighted by Crippen LogP contribution is 2.28. The zero-order valence-electron chi connectivity index (χ0n) is 22.2. The molecule has 6 rings (SSSR count). The molecule has 0 aromatic carbocycles. The molecule has 0 atom stereocenters. The van der Waals surface area contributed by atoms with Gasteiger partial charge in [0.2, 0.25) is 0 Å². The molecule has 0 unspecified atom stereocenters. The fourth-order valence-electron chi connectivity index (χ4n) is 5.35. The Bertz CT molecular complexity index is 1490. The number of carbonyl (C=O) groups is 1. The minimum Gasteiger partial charge on any atom is -0.366 e. The fraction of sp³-hybridized carbons (Fsp3) is 0.393. The van der Waals surface area contributed by atoms with Gasteiger partial charge < -0.3 is 26.6 Å². The molecule has 5 heterocycles. The number of nitrogens with two attached hydrogens (primary N) is 1. The van der Waals surface area contributed by atoms with Gasteiger partial charge in [0.25, 0.3) is 5.91 Å². The smallest absolute Gasteiger partial charge is 0.276 e. The Hall–Kier alpha value is -4.32. The van der Waals surface area contributed by atoms with Crippen molar-refractivity contribution in [3.63, 3.8) is 0 Å². The minimum atomic E-state index is -0.627. The zero-order chi connectivity index (χ0) is 27.5. The summed E-state index contributed by atoms with van der Waals surface area (Å²) in [5.74, 6) is 1.01. The molecule has 2 fully saturated rings. The lowest BCUT2D eigenvalue weighted by molar-refractivity contribution is 0.102. The van der Waals surface area contributed by atoms with E-state index in [-0.39, 0.29) is 23.5 Å². The molecule has 12 heteroatoms. The van der Waals surface area contributed by atoms with Gasteiger partial charge in [-0.1, -0.05) is 6.07 Å². The quantitative estimate of drug-likeness (QED) is 0.268. The molecule has 40 heavy (non-hydrogen) atoms. The number of nitrogens with zero attached hydrogens (tertiary/aromatic N) is 6. The van der Waals surface area contributed by atoms with Crippen molar-refractivity contribution in [2.75, 3.05) is 33.9 Å². The lowest BCUT2D eigenvalue weighted by Crippen LogP contribution is -2.33. The molecule has 5 N–H and O–H groups in total. The summed E-state index contributed by atoms with van der Waals surface area (Å²) in [5.41, 5.74) is 7.38. The van der Waals surface area contributed by atoms with Crippen LogP contribution in [0, 0.1) is 5.82 Å². The molecule has 1 aliphatic heterocycles. The van der Waals surface area contributed by atoms with E-state index in [9.17, 15) is 9.18 Å². The second-order valence-corrected chi connectivity index (χ2v) is 10.4. The third kappa shape index (κ3) is 5.67. The van der Waals surface area contributed by atoms with Crippen LogP contribution in [0.15, 0.2) is 48.9 Å². The van der Waals surface area contributed by atoms with E-state index in [4.69, 9.17) is 15.8 Å². The number of nitrogens with one attached hydrogen (secondary N) is 3. The Morgan fingerprint density at radius 3 is 2.62 bits per heavy atom. The van der Waals surface area contributed by atoms with Crippen molar-refractivity contribution in [3.8, 4) is 0 Å². The molecule has 1 saturated heterocycles. The maximum absolute atomic E-state index is 14.2. The molecule has 0 radical (unpaired) electrons. The monoisotopic (exact) mass is 544 g/mol. The second kappa shape index (κ2) is 11.4. The van der Waals surface area contributed by atoms with Crippen LogP contribution >= 0.6 is 0 Å². The van der Waals surface area contributed by atoms with Crippen molar-refractivity contribution < 1.29 is 9.18 Å². The van der Waals surface area contributed by atoms with Crippen molar-refractivity contribution in [2.45, 2.75) is 57.0 Å². The third-order valence-electron chi connectivity index (χ3n) is 7.52. The highest BCUT2D eigenvalue weighted by Gasteiger charge is 2.22. The van der Waals surface area contributed by atoms with Crippen LogP contribution in [-0.2, 0) is 0 Å². The average Bonchev–Trinajstić information content (AvgIpc) is 3.41. The van der Waals surface area contributed by atoms with Crippen LogP contribution in [0.1, 0.15) is 55.4 Å². The number of pyridine rings is 2. The van der Waals surface area contributed by atoms with Crippen molar-refractivity contribution in [2.24, 2.45) is 5.73 Å². The van der Waals surface area contributed by atoms with Gasteiger partial charge in [-0.3, -0.25) is 9.78 Å². The first-order valence-electron chi connectivity index (χ1n) is 13.8. The van der Waals surface area contributed by atoms with Gasteiger partial charge in [-0.05, 0) is 63.1 Å². The second-order valence-electron chi connectivity index (χ2n) is 10.4. The maximum Gasteiger partial charge on any atom is 0.276 e. The van der Waals surface area contributed by atoms with Crippen LogP contribution in [0.4, 0.5) is 33.2 Å². The Morgan fingerprint density at radius 2 is 1.82 bits per heavy atom. The molecule has 4 aromatic heterocycles. The number of aromatic nitrogens is 5. The van der Waals surface area contributed by atoms with E-state index >= 15 is 0 Å². The summed E-state index contributed by atoms with van der Waals surface area (Å²) < 4.78 is 15.7. The van der Waals surface area contributed by atoms with Crippen LogP contribution < -0.4 is 26.6 Å². The topological polar surface area (TPSA) is 138 Å². The van der Waals surface area contributed by atoms with Crippen molar-refractivity contribution >= 4 is 40.4 Å². The first kappa shape index (κ1) is 25.9. The number of fused-ring (bicyclic) bond motifs is 1. The summed E-state index contributed by atoms with van der Waals surface area (Å²) in [7, 11) is 0. The van der Waals surface area contributed by atoms with E-state index in [2.05, 4.69) is 30.8 Å². The molecule has 1 saturated carbocycles. The third-order valence-corrected chi connectivity index (χ3v) is 7.52. The number of amides is 1. The molecule has 2 aliphatic rings. The Labute approximate surface area is 231 Å². The highest BCUT2D eigenvalue weighted by molar-refractivity contribution is 6.03. The normalized spacial score (nSPS) is 19.4. The van der Waals surface area contributed by atoms with Gasteiger partial charge in [0.1, 0.15) is 17.5 Å². The van der Waals surface area contributed by atoms with E-state index in [1.165, 1.54) is 29.4 Å². The van der Waals surface area contributed by atoms with Gasteiger partial charge in [0.15, 0.2) is 17.2 Å². The summed E-state index contributed by atoms with van der Waals surface area (Å²) in [5, 5.41) is 14.2. The molecule has 0 bridgehead atoms. The van der Waals surface area contributed by atoms with Gasteiger partial charge in [0, 0.05) is 37.4 Å². The van der Waals surface area contributed by atoms with E-state index in [0.717, 1.165) is 63.6 Å². The predicted molar refractivity (Wildman–Crippen MR) is 153 cm³/mol. The minimum absolute atomic E-state index is 0.0276. The molecule has 208 valence electrons. The van der Waals surface area contributed by atoms with Gasteiger partial charge >= 0.3 is 0 Å². The first-order valence-corrected chi connectivity index (χ1v) is 13.8. The lowest BCUT2D eigenvalue weighted by Gasteiger charge is -2.28. The molecule has 1 amide bonds. The van der Waals surface area contributed by atoms with Crippen LogP contribution in [0.3, 0.4) is 0 Å². The van der Waals surface area contributed by atoms with Gasteiger partial charge in [0.05, 0.1) is 23.8 Å². The number of halogens is 1. The van der Waals surface area contributed by atoms with Crippen LogP contribution in [0.25, 0.3) is 5.65 Å². The summed E-state index contributed by atoms with van der Waals surface area (Å²) in [6.45, 7) is 1.98. The standard InChI is InChI=1S/C28H33FN10O/c29-20-16-31-12-11-21(20)35-28(40)23-17-32-27-22(15-25(37-39(23)27)33-19-9-7-18(30)8-10-19)34-24-5-4-6-26(36-24)38-13-2-1-3-14-38/h4-6,11-12,15-19H,1-3,7-10,13-14,30H2,(H,33,37)(H,34,36)(H,31,35,40)/t18-,19-. The fourth-order valence-corrected chi connectivity index (χ4v) is 5.35. The number of rotatable bonds is 7. The van der Waals surface area contributed by atoms with E-state index in [1.807, 2.05) is 24.3 Å². The highest BCUT2D eigenvalue weighted by atomic mass is 19.1. The zero-order valence-corrected chi connectivity index (χ0v) is 22.2. The first-order chi connectivity index (χ1) is 19.5. The van der Waals surface area contributed by atoms with Crippen molar-refractivity contribution in [1.29, 1.82) is 0 Å². The number of carbonyl (C=O) groups excluding carboxylic acids is 1. The maximum atomic E-state index is 14.2. The number of hydrogen-bond acceptors (Lipinski definition) is 9. The molecule has 4 aromatic rings. The Morgan fingerprint density at radius 1 is 1.00 bits per heavy atom. The summed E-state index contributed by atoms with van der Waals surface area (Å²) in [4.78, 5) is 28.6. The van der Waals surface area contributed by atoms with E-state index in [1.54, 1.807) is 0 Å². The Kier molecular flexibility index (Phi) is 7.41. The van der Waals surface area contributed by atoms with Crippen molar-refractivity contribution in [1.82, 2.24) is 24.6 Å². The molecule has 11 nitrogen and oxygen atoms in total. The predicted octanol–water partition coefficient (Wildman–Crippen LogP) is 4.33. The van der Waals surface area contributed by atoms with E-state index in [0.29, 0.717) is 23.0 Å². The van der Waals surface area contributed by atoms with Crippen molar-refractivity contribution in [3.05, 3.63) is 60.4 Å². The number of imidazole rings is 1. The van der Waals surface area contributed by atoms with Crippen LogP contribution in [0.5, 0.6) is 0 Å². The SMILES string of the molecule is N[C@H]1CC[C@H](Nc2cc(Nc3cccc(N4CCCCC4)n3)c3ncc(C(=O)Nc4ccncc4F)n3n2)CC1. The average molecular weight is 545 g/mol. The van der Waals surface area contributed by atoms with Gasteiger partial charge in [-0.25, -0.2) is 18.9 Å². The van der Waals surface area contributed by atoms with Crippen LogP contribution in [-0.4, -0.2) is 55.6 Å². The molecule has 0 spiro atoms. The number of piperidine rings is 1. The largest absolute Gasteiger partial charge is 0.366 e.